The van der Waals surface area contributed by atoms with Gasteiger partial charge in [-0.3, -0.25) is 4.79 Å². The molecule has 43 heavy (non-hydrogen) atoms. The van der Waals surface area contributed by atoms with Gasteiger partial charge in [-0.1, -0.05) is 29.8 Å². The topological polar surface area (TPSA) is 126 Å². The van der Waals surface area contributed by atoms with Gasteiger partial charge in [0.15, 0.2) is 0 Å². The predicted octanol–water partition coefficient (Wildman–Crippen LogP) is 5.88. The molecule has 0 atom stereocenters. The lowest BCUT2D eigenvalue weighted by molar-refractivity contribution is -0.111. The van der Waals surface area contributed by atoms with Crippen LogP contribution in [0.25, 0.3) is 11.3 Å². The molecule has 0 saturated carbocycles. The summed E-state index contributed by atoms with van der Waals surface area (Å²) in [6, 6.07) is 12.9. The van der Waals surface area contributed by atoms with E-state index in [1.54, 1.807) is 24.4 Å². The van der Waals surface area contributed by atoms with Crippen LogP contribution in [-0.4, -0.2) is 61.3 Å². The van der Waals surface area contributed by atoms with Crippen LogP contribution in [0.5, 0.6) is 11.5 Å². The van der Waals surface area contributed by atoms with Gasteiger partial charge >= 0.3 is 0 Å². The lowest BCUT2D eigenvalue weighted by Gasteiger charge is -2.30. The van der Waals surface area contributed by atoms with E-state index in [2.05, 4.69) is 47.7 Å². The quantitative estimate of drug-likeness (QED) is 0.160. The molecule has 2 aromatic carbocycles. The van der Waals surface area contributed by atoms with Crippen molar-refractivity contribution < 1.29 is 14.3 Å². The molecule has 0 aliphatic carbocycles. The Hall–Kier alpha value is -4.58. The van der Waals surface area contributed by atoms with E-state index in [9.17, 15) is 4.79 Å². The van der Waals surface area contributed by atoms with E-state index in [1.165, 1.54) is 26.6 Å². The molecule has 1 aliphatic heterocycles. The van der Waals surface area contributed by atoms with Gasteiger partial charge in [0.05, 0.1) is 37.0 Å². The van der Waals surface area contributed by atoms with Crippen LogP contribution in [0, 0.1) is 0 Å². The Morgan fingerprint density at radius 3 is 2.42 bits per heavy atom. The average molecular weight is 622 g/mol. The first-order chi connectivity index (χ1) is 20.9. The molecule has 5 rings (SSSR count). The zero-order valence-corrected chi connectivity index (χ0v) is 25.1. The average Bonchev–Trinajstić information content (AvgIpc) is 3.04. The Morgan fingerprint density at radius 1 is 0.977 bits per heavy atom. The number of nitrogens with zero attached hydrogens (tertiary/aromatic N) is 4. The maximum atomic E-state index is 12.3. The number of benzene rings is 2. The molecule has 4 aromatic rings. The number of anilines is 6. The van der Waals surface area contributed by atoms with Crippen LogP contribution in [0.15, 0.2) is 67.6 Å². The molecule has 3 heterocycles. The minimum Gasteiger partial charge on any atom is -0.495 e. The molecule has 2 aromatic heterocycles. The fraction of sp³-hybridized carbons (Fsp3) is 0.200. The number of nitrogens with one attached hydrogen (secondary N) is 4. The first-order valence-corrected chi connectivity index (χ1v) is 14.1. The molecule has 0 spiro atoms. The number of piperazine rings is 1. The normalized spacial score (nSPS) is 12.8. The third kappa shape index (κ3) is 6.75. The fourth-order valence-corrected chi connectivity index (χ4v) is 5.18. The van der Waals surface area contributed by atoms with Crippen LogP contribution >= 0.6 is 23.2 Å². The molecule has 1 amide bonds. The number of aromatic nitrogens is 3. The third-order valence-electron chi connectivity index (χ3n) is 6.76. The summed E-state index contributed by atoms with van der Waals surface area (Å²) in [6.07, 6.45) is 4.32. The van der Waals surface area contributed by atoms with Gasteiger partial charge in [0.2, 0.25) is 5.91 Å². The Morgan fingerprint density at radius 2 is 1.72 bits per heavy atom. The molecule has 0 bridgehead atoms. The van der Waals surface area contributed by atoms with Gasteiger partial charge in [-0.25, -0.2) is 15.0 Å². The van der Waals surface area contributed by atoms with E-state index in [4.69, 9.17) is 32.7 Å². The lowest BCUT2D eigenvalue weighted by Crippen LogP contribution is -2.43. The molecule has 222 valence electrons. The van der Waals surface area contributed by atoms with Crippen LogP contribution < -0.4 is 35.6 Å². The highest BCUT2D eigenvalue weighted by molar-refractivity contribution is 6.41. The SMILES string of the molecule is C=CC(=O)Nc1cc(N2CCNCC2)ccc1Nc1cc(-c2cccnc2Nc2c(Cl)c(OC)cc(OC)c2Cl)ncn1. The standard InChI is InChI=1S/C30H30Cl2N8O3/c1-4-26(41)38-22-14-18(40-12-10-33-11-13-40)7-8-20(22)37-25-15-21(35-17-36-25)19-6-5-9-34-30(19)39-29-27(31)23(42-2)16-24(43-3)28(29)32/h4-9,14-17,33H,1,10-13H2,2-3H3,(H,34,39)(H,38,41)(H,35,36,37). The van der Waals surface area contributed by atoms with Crippen molar-refractivity contribution in [1.82, 2.24) is 20.3 Å². The largest absolute Gasteiger partial charge is 0.495 e. The Bertz CT molecular complexity index is 1620. The van der Waals surface area contributed by atoms with Crippen LogP contribution in [0.4, 0.5) is 34.4 Å². The number of carbonyl (C=O) groups is 1. The van der Waals surface area contributed by atoms with Crippen molar-refractivity contribution in [2.24, 2.45) is 0 Å². The van der Waals surface area contributed by atoms with Crippen LogP contribution in [0.2, 0.25) is 10.0 Å². The maximum Gasteiger partial charge on any atom is 0.247 e. The summed E-state index contributed by atoms with van der Waals surface area (Å²) in [7, 11) is 3.01. The molecule has 1 aliphatic rings. The second-order valence-corrected chi connectivity index (χ2v) is 10.1. The summed E-state index contributed by atoms with van der Waals surface area (Å²) >= 11 is 13.2. The number of amides is 1. The summed E-state index contributed by atoms with van der Waals surface area (Å²) in [5.74, 6) is 1.41. The number of ether oxygens (including phenoxy) is 2. The fourth-order valence-electron chi connectivity index (χ4n) is 4.58. The van der Waals surface area contributed by atoms with E-state index in [-0.39, 0.29) is 16.0 Å². The zero-order valence-electron chi connectivity index (χ0n) is 23.6. The molecule has 0 unspecified atom stereocenters. The van der Waals surface area contributed by atoms with Crippen molar-refractivity contribution in [1.29, 1.82) is 0 Å². The van der Waals surface area contributed by atoms with Gasteiger partial charge < -0.3 is 35.6 Å². The third-order valence-corrected chi connectivity index (χ3v) is 7.51. The molecule has 0 radical (unpaired) electrons. The van der Waals surface area contributed by atoms with Crippen molar-refractivity contribution in [2.75, 3.05) is 61.2 Å². The van der Waals surface area contributed by atoms with Crippen molar-refractivity contribution in [3.05, 3.63) is 77.7 Å². The van der Waals surface area contributed by atoms with E-state index >= 15 is 0 Å². The molecule has 1 fully saturated rings. The summed E-state index contributed by atoms with van der Waals surface area (Å²) < 4.78 is 10.8. The van der Waals surface area contributed by atoms with Crippen molar-refractivity contribution in [2.45, 2.75) is 0 Å². The van der Waals surface area contributed by atoms with E-state index < -0.39 is 0 Å². The minimum atomic E-state index is -0.318. The monoisotopic (exact) mass is 620 g/mol. The van der Waals surface area contributed by atoms with E-state index in [0.29, 0.717) is 51.5 Å². The number of carbonyl (C=O) groups excluding carboxylic acids is 1. The number of halogens is 2. The predicted molar refractivity (Wildman–Crippen MR) is 172 cm³/mol. The molecule has 1 saturated heterocycles. The second kappa shape index (κ2) is 13.6. The number of pyridine rings is 1. The van der Waals surface area contributed by atoms with Crippen molar-refractivity contribution >= 4 is 63.5 Å². The Kier molecular flexibility index (Phi) is 9.45. The molecule has 11 nitrogen and oxygen atoms in total. The van der Waals surface area contributed by atoms with Gasteiger partial charge in [0, 0.05) is 55.8 Å². The highest BCUT2D eigenvalue weighted by Crippen LogP contribution is 2.46. The van der Waals surface area contributed by atoms with Gasteiger partial charge in [-0.15, -0.1) is 0 Å². The zero-order chi connectivity index (χ0) is 30.3. The number of hydrogen-bond donors (Lipinski definition) is 4. The van der Waals surface area contributed by atoms with Gasteiger partial charge in [-0.05, 0) is 36.4 Å². The van der Waals surface area contributed by atoms with Crippen LogP contribution in [0.1, 0.15) is 0 Å². The van der Waals surface area contributed by atoms with Crippen molar-refractivity contribution in [3.63, 3.8) is 0 Å². The van der Waals surface area contributed by atoms with Gasteiger partial charge in [0.1, 0.15) is 39.5 Å². The number of hydrogen-bond acceptors (Lipinski definition) is 10. The Labute approximate surface area is 259 Å². The molecule has 13 heteroatoms. The van der Waals surface area contributed by atoms with Crippen LogP contribution in [-0.2, 0) is 4.79 Å². The molecular weight excluding hydrogens is 591 g/mol. The van der Waals surface area contributed by atoms with E-state index in [0.717, 1.165) is 31.9 Å². The summed E-state index contributed by atoms with van der Waals surface area (Å²) in [5, 5.41) is 13.3. The van der Waals surface area contributed by atoms with Crippen LogP contribution in [0.3, 0.4) is 0 Å². The van der Waals surface area contributed by atoms with Gasteiger partial charge in [-0.2, -0.15) is 0 Å². The first kappa shape index (κ1) is 29.9. The van der Waals surface area contributed by atoms with Crippen molar-refractivity contribution in [3.8, 4) is 22.8 Å². The smallest absolute Gasteiger partial charge is 0.247 e. The minimum absolute atomic E-state index is 0.272. The van der Waals surface area contributed by atoms with Gasteiger partial charge in [0.25, 0.3) is 0 Å². The maximum absolute atomic E-state index is 12.3. The highest BCUT2D eigenvalue weighted by atomic mass is 35.5. The number of rotatable bonds is 10. The van der Waals surface area contributed by atoms with E-state index in [1.807, 2.05) is 24.3 Å². The highest BCUT2D eigenvalue weighted by Gasteiger charge is 2.20. The lowest BCUT2D eigenvalue weighted by atomic mass is 10.1. The summed E-state index contributed by atoms with van der Waals surface area (Å²) in [6.45, 7) is 7.12. The summed E-state index contributed by atoms with van der Waals surface area (Å²) in [5.41, 5.74) is 3.87. The number of methoxy groups -OCH3 is 2. The first-order valence-electron chi connectivity index (χ1n) is 13.4. The summed E-state index contributed by atoms with van der Waals surface area (Å²) in [4.78, 5) is 27.9. The second-order valence-electron chi connectivity index (χ2n) is 9.38. The molecule has 4 N–H and O–H groups in total. The Balaban J connectivity index is 1.46. The molecular formula is C30H30Cl2N8O3.